The van der Waals surface area contributed by atoms with Crippen molar-refractivity contribution in [2.45, 2.75) is 18.3 Å². The zero-order valence-corrected chi connectivity index (χ0v) is 11.0. The molecule has 1 fully saturated rings. The summed E-state index contributed by atoms with van der Waals surface area (Å²) in [6.45, 7) is 1.69. The second-order valence-corrected chi connectivity index (χ2v) is 5.39. The lowest BCUT2D eigenvalue weighted by molar-refractivity contribution is -0.150. The van der Waals surface area contributed by atoms with Gasteiger partial charge in [0.05, 0.1) is 0 Å². The van der Waals surface area contributed by atoms with Crippen LogP contribution in [0.5, 0.6) is 0 Å². The van der Waals surface area contributed by atoms with Crippen molar-refractivity contribution in [3.63, 3.8) is 0 Å². The van der Waals surface area contributed by atoms with Gasteiger partial charge in [0, 0.05) is 5.75 Å². The average Bonchev–Trinajstić information content (AvgIpc) is 2.34. The summed E-state index contributed by atoms with van der Waals surface area (Å²) < 4.78 is 0. The number of nitrogens with one attached hydrogen (secondary N) is 1. The van der Waals surface area contributed by atoms with E-state index in [2.05, 4.69) is 5.32 Å². The molecule has 2 atom stereocenters. The molecule has 0 aromatic heterocycles. The minimum atomic E-state index is -1.12. The average molecular weight is 291 g/mol. The number of thioether (sulfide) groups is 1. The number of fused-ring (bicyclic) bond motifs is 1. The molecule has 2 amide bonds. The summed E-state index contributed by atoms with van der Waals surface area (Å²) >= 11 is 6.79. The maximum atomic E-state index is 11.9. The van der Waals surface area contributed by atoms with Gasteiger partial charge in [0.1, 0.15) is 23.0 Å². The van der Waals surface area contributed by atoms with Crippen LogP contribution in [0.1, 0.15) is 6.92 Å². The fourth-order valence-electron chi connectivity index (χ4n) is 1.99. The van der Waals surface area contributed by atoms with Gasteiger partial charge in [0.25, 0.3) is 5.91 Å². The van der Waals surface area contributed by atoms with E-state index in [0.29, 0.717) is 11.3 Å². The van der Waals surface area contributed by atoms with Crippen molar-refractivity contribution >= 4 is 41.1 Å². The maximum Gasteiger partial charge on any atom is 0.352 e. The number of nitrogens with zero attached hydrogens (tertiary/aromatic N) is 1. The molecule has 0 radical (unpaired) electrons. The summed E-state index contributed by atoms with van der Waals surface area (Å²) in [6, 6.07) is -0.677. The summed E-state index contributed by atoms with van der Waals surface area (Å²) in [5.41, 5.74) is 0.680. The zero-order valence-electron chi connectivity index (χ0n) is 9.47. The highest BCUT2D eigenvalue weighted by molar-refractivity contribution is 8.00. The molecule has 2 rings (SSSR count). The number of carbonyl (C=O) groups excluding carboxylic acids is 2. The number of aliphatic carboxylic acids is 1. The van der Waals surface area contributed by atoms with E-state index in [0.717, 1.165) is 0 Å². The number of β-lactam (4-membered cyclic amide) rings is 1. The van der Waals surface area contributed by atoms with Gasteiger partial charge >= 0.3 is 5.97 Å². The number of hydrogen-bond donors (Lipinski definition) is 2. The zero-order chi connectivity index (χ0) is 13.4. The van der Waals surface area contributed by atoms with Gasteiger partial charge in [0.15, 0.2) is 0 Å². The second-order valence-electron chi connectivity index (χ2n) is 4.02. The van der Waals surface area contributed by atoms with Gasteiger partial charge in [-0.15, -0.1) is 23.4 Å². The standard InChI is InChI=1S/C10H11ClN2O4S/c1-4-3-18-9-6(12-5(14)2-11)8(15)13(9)7(4)10(16)17/h6,9H,2-3H2,1H3,(H,12,14)(H,16,17). The quantitative estimate of drug-likeness (QED) is 0.564. The molecule has 8 heteroatoms. The lowest BCUT2D eigenvalue weighted by Gasteiger charge is -2.49. The van der Waals surface area contributed by atoms with Crippen molar-refractivity contribution < 1.29 is 19.5 Å². The Morgan fingerprint density at radius 3 is 2.83 bits per heavy atom. The van der Waals surface area contributed by atoms with Crippen LogP contribution in [0, 0.1) is 0 Å². The largest absolute Gasteiger partial charge is 0.477 e. The minimum Gasteiger partial charge on any atom is -0.477 e. The molecule has 0 spiro atoms. The molecule has 0 aliphatic carbocycles. The molecule has 2 aliphatic rings. The normalized spacial score (nSPS) is 26.6. The number of carboxylic acid groups (broad SMARTS) is 1. The molecule has 2 aliphatic heterocycles. The maximum absolute atomic E-state index is 11.9. The molecule has 98 valence electrons. The van der Waals surface area contributed by atoms with Crippen molar-refractivity contribution in [1.29, 1.82) is 0 Å². The lowest BCUT2D eigenvalue weighted by atomic mass is 10.0. The number of alkyl halides is 1. The predicted molar refractivity (Wildman–Crippen MR) is 66.1 cm³/mol. The van der Waals surface area contributed by atoms with E-state index in [1.54, 1.807) is 6.92 Å². The molecule has 2 heterocycles. The third-order valence-corrected chi connectivity index (χ3v) is 4.47. The number of carbonyl (C=O) groups is 3. The number of hydrogen-bond acceptors (Lipinski definition) is 4. The van der Waals surface area contributed by atoms with Gasteiger partial charge in [-0.05, 0) is 12.5 Å². The molecule has 1 saturated heterocycles. The lowest BCUT2D eigenvalue weighted by Crippen LogP contribution is -2.70. The SMILES string of the molecule is CC1=C(C(=O)O)N2C(=O)C(NC(=O)CCl)C2SC1. The highest BCUT2D eigenvalue weighted by Crippen LogP contribution is 2.39. The molecule has 2 unspecified atom stereocenters. The third-order valence-electron chi connectivity index (χ3n) is 2.80. The molecule has 2 N–H and O–H groups in total. The Bertz CT molecular complexity index is 465. The highest BCUT2D eigenvalue weighted by atomic mass is 35.5. The van der Waals surface area contributed by atoms with Crippen molar-refractivity contribution in [2.24, 2.45) is 0 Å². The van der Waals surface area contributed by atoms with Crippen LogP contribution in [0.2, 0.25) is 0 Å². The van der Waals surface area contributed by atoms with Gasteiger partial charge in [0.2, 0.25) is 5.91 Å². The van der Waals surface area contributed by atoms with E-state index < -0.39 is 23.8 Å². The first-order valence-electron chi connectivity index (χ1n) is 5.20. The van der Waals surface area contributed by atoms with Gasteiger partial charge in [-0.2, -0.15) is 0 Å². The first-order chi connectivity index (χ1) is 8.47. The van der Waals surface area contributed by atoms with Crippen molar-refractivity contribution in [3.05, 3.63) is 11.3 Å². The summed E-state index contributed by atoms with van der Waals surface area (Å²) in [5.74, 6) is -1.64. The smallest absolute Gasteiger partial charge is 0.352 e. The number of halogens is 1. The molecular weight excluding hydrogens is 280 g/mol. The molecular formula is C10H11ClN2O4S. The van der Waals surface area contributed by atoms with Gasteiger partial charge in [-0.25, -0.2) is 4.79 Å². The van der Waals surface area contributed by atoms with Gasteiger partial charge < -0.3 is 10.4 Å². The first kappa shape index (κ1) is 13.2. The number of amides is 2. The van der Waals surface area contributed by atoms with Crippen molar-refractivity contribution in [1.82, 2.24) is 10.2 Å². The van der Waals surface area contributed by atoms with E-state index in [9.17, 15) is 14.4 Å². The Kier molecular flexibility index (Phi) is 3.54. The fraction of sp³-hybridized carbons (Fsp3) is 0.500. The van der Waals surface area contributed by atoms with E-state index >= 15 is 0 Å². The topological polar surface area (TPSA) is 86.7 Å². The summed E-state index contributed by atoms with van der Waals surface area (Å²) in [7, 11) is 0. The third kappa shape index (κ3) is 1.97. The summed E-state index contributed by atoms with van der Waals surface area (Å²) in [6.07, 6.45) is 0. The Morgan fingerprint density at radius 2 is 2.28 bits per heavy atom. The molecule has 0 aromatic carbocycles. The Balaban J connectivity index is 2.18. The monoisotopic (exact) mass is 290 g/mol. The fourth-order valence-corrected chi connectivity index (χ4v) is 3.36. The summed E-state index contributed by atoms with van der Waals surface area (Å²) in [5, 5.41) is 11.2. The first-order valence-corrected chi connectivity index (χ1v) is 6.78. The molecule has 0 bridgehead atoms. The Labute approximate surface area is 112 Å². The number of rotatable bonds is 3. The molecule has 6 nitrogen and oxygen atoms in total. The van der Waals surface area contributed by atoms with Crippen LogP contribution in [-0.4, -0.2) is 50.8 Å². The predicted octanol–water partition coefficient (Wildman–Crippen LogP) is -0.0163. The van der Waals surface area contributed by atoms with Gasteiger partial charge in [-0.3, -0.25) is 14.5 Å². The Morgan fingerprint density at radius 1 is 1.61 bits per heavy atom. The van der Waals surface area contributed by atoms with Crippen LogP contribution >= 0.6 is 23.4 Å². The van der Waals surface area contributed by atoms with Crippen LogP contribution < -0.4 is 5.32 Å². The van der Waals surface area contributed by atoms with Crippen LogP contribution in [0.3, 0.4) is 0 Å². The second kappa shape index (κ2) is 4.81. The van der Waals surface area contributed by atoms with Crippen LogP contribution in [0.25, 0.3) is 0 Å². The van der Waals surface area contributed by atoms with Crippen LogP contribution in [0.15, 0.2) is 11.3 Å². The highest BCUT2D eigenvalue weighted by Gasteiger charge is 2.53. The van der Waals surface area contributed by atoms with Gasteiger partial charge in [-0.1, -0.05) is 0 Å². The molecule has 18 heavy (non-hydrogen) atoms. The van der Waals surface area contributed by atoms with Crippen molar-refractivity contribution in [3.8, 4) is 0 Å². The Hall–Kier alpha value is -1.21. The van der Waals surface area contributed by atoms with E-state index in [4.69, 9.17) is 16.7 Å². The number of carboxylic acids is 1. The van der Waals surface area contributed by atoms with Crippen LogP contribution in [0.4, 0.5) is 0 Å². The molecule has 0 saturated carbocycles. The van der Waals surface area contributed by atoms with E-state index in [1.165, 1.54) is 16.7 Å². The van der Waals surface area contributed by atoms with E-state index in [1.807, 2.05) is 0 Å². The van der Waals surface area contributed by atoms with Crippen LogP contribution in [-0.2, 0) is 14.4 Å². The molecule has 0 aromatic rings. The van der Waals surface area contributed by atoms with Crippen molar-refractivity contribution in [2.75, 3.05) is 11.6 Å². The summed E-state index contributed by atoms with van der Waals surface area (Å²) in [4.78, 5) is 35.4. The van der Waals surface area contributed by atoms with E-state index in [-0.39, 0.29) is 17.0 Å². The minimum absolute atomic E-state index is 0.0279.